The molecule has 0 amide bonds. The Hall–Kier alpha value is -1.39. The monoisotopic (exact) mass is 241 g/mol. The third-order valence-corrected chi connectivity index (χ3v) is 3.05. The number of ketones is 1. The summed E-state index contributed by atoms with van der Waals surface area (Å²) in [6.07, 6.45) is 6.13. The number of nitrogens with zero attached hydrogens (tertiary/aromatic N) is 1. The van der Waals surface area contributed by atoms with Crippen LogP contribution in [0.1, 0.15) is 52.4 Å². The normalized spacial score (nSPS) is 20.5. The van der Waals surface area contributed by atoms with E-state index >= 15 is 0 Å². The summed E-state index contributed by atoms with van der Waals surface area (Å²) in [5.41, 5.74) is -0.970. The first-order chi connectivity index (χ1) is 7.94. The van der Waals surface area contributed by atoms with E-state index in [2.05, 4.69) is 5.16 Å². The average Bonchev–Trinajstić information content (AvgIpc) is 2.42. The molecule has 0 aromatic carbocycles. The second-order valence-corrected chi connectivity index (χ2v) is 4.76. The molecule has 0 heterocycles. The average molecular weight is 241 g/mol. The molecule has 0 aromatic rings. The van der Waals surface area contributed by atoms with Gasteiger partial charge in [0.05, 0.1) is 0 Å². The molecule has 96 valence electrons. The molecule has 0 radical (unpaired) electrons. The molecule has 0 bridgehead atoms. The fourth-order valence-corrected chi connectivity index (χ4v) is 1.98. The molecule has 0 aromatic heterocycles. The number of aliphatic carboxylic acids is 1. The predicted octanol–water partition coefficient (Wildman–Crippen LogP) is 2.15. The van der Waals surface area contributed by atoms with E-state index in [0.29, 0.717) is 0 Å². The topological polar surface area (TPSA) is 76.0 Å². The van der Waals surface area contributed by atoms with Crippen LogP contribution in [0.5, 0.6) is 0 Å². The number of Topliss-reactive ketones (excluding diaryl/α,β-unsaturated/α-hetero) is 1. The molecule has 5 nitrogen and oxygen atoms in total. The summed E-state index contributed by atoms with van der Waals surface area (Å²) >= 11 is 0. The molecule has 0 atom stereocenters. The van der Waals surface area contributed by atoms with E-state index in [0.717, 1.165) is 25.7 Å². The summed E-state index contributed by atoms with van der Waals surface area (Å²) in [7, 11) is 0. The Bertz CT molecular complexity index is 311. The van der Waals surface area contributed by atoms with E-state index in [1.807, 2.05) is 6.92 Å². The van der Waals surface area contributed by atoms with Crippen LogP contribution >= 0.6 is 0 Å². The SMILES string of the molecule is CC(=O)/C(=N\OC1(C)CCCCCC1)C(=O)O. The highest BCUT2D eigenvalue weighted by Crippen LogP contribution is 2.30. The van der Waals surface area contributed by atoms with Gasteiger partial charge in [-0.05, 0) is 32.6 Å². The van der Waals surface area contributed by atoms with Gasteiger partial charge in [0.15, 0.2) is 5.78 Å². The van der Waals surface area contributed by atoms with Crippen molar-refractivity contribution in [1.29, 1.82) is 0 Å². The van der Waals surface area contributed by atoms with E-state index in [9.17, 15) is 9.59 Å². The lowest BCUT2D eigenvalue weighted by molar-refractivity contribution is -0.130. The van der Waals surface area contributed by atoms with Crippen LogP contribution < -0.4 is 0 Å². The largest absolute Gasteiger partial charge is 0.476 e. The fourth-order valence-electron chi connectivity index (χ4n) is 1.98. The maximum Gasteiger partial charge on any atom is 0.361 e. The van der Waals surface area contributed by atoms with Gasteiger partial charge in [0, 0.05) is 6.92 Å². The van der Waals surface area contributed by atoms with Crippen LogP contribution in [0.25, 0.3) is 0 Å². The van der Waals surface area contributed by atoms with E-state index in [1.165, 1.54) is 19.8 Å². The highest BCUT2D eigenvalue weighted by atomic mass is 16.7. The van der Waals surface area contributed by atoms with Gasteiger partial charge in [-0.25, -0.2) is 4.79 Å². The first-order valence-electron chi connectivity index (χ1n) is 5.95. The zero-order chi connectivity index (χ0) is 12.9. The third kappa shape index (κ3) is 4.17. The Morgan fingerprint density at radius 1 is 1.18 bits per heavy atom. The second kappa shape index (κ2) is 5.80. The predicted molar refractivity (Wildman–Crippen MR) is 62.9 cm³/mol. The van der Waals surface area contributed by atoms with Crippen LogP contribution in [0.15, 0.2) is 5.16 Å². The molecule has 1 aliphatic rings. The molecule has 0 unspecified atom stereocenters. The smallest absolute Gasteiger partial charge is 0.361 e. The zero-order valence-corrected chi connectivity index (χ0v) is 10.4. The summed E-state index contributed by atoms with van der Waals surface area (Å²) in [5, 5.41) is 12.3. The van der Waals surface area contributed by atoms with E-state index < -0.39 is 23.1 Å². The van der Waals surface area contributed by atoms with Crippen LogP contribution in [-0.2, 0) is 14.4 Å². The molecule has 1 fully saturated rings. The van der Waals surface area contributed by atoms with Crippen molar-refractivity contribution >= 4 is 17.5 Å². The number of carbonyl (C=O) groups excluding carboxylic acids is 1. The number of hydrogen-bond donors (Lipinski definition) is 1. The molecule has 0 aliphatic heterocycles. The minimum absolute atomic E-state index is 0.438. The highest BCUT2D eigenvalue weighted by Gasteiger charge is 2.29. The van der Waals surface area contributed by atoms with Gasteiger partial charge in [0.25, 0.3) is 0 Å². The summed E-state index contributed by atoms with van der Waals surface area (Å²) in [6.45, 7) is 3.09. The van der Waals surface area contributed by atoms with E-state index in [1.54, 1.807) is 0 Å². The quantitative estimate of drug-likeness (QED) is 0.354. The molecule has 1 rings (SSSR count). The van der Waals surface area contributed by atoms with Gasteiger partial charge in [-0.1, -0.05) is 18.0 Å². The molecular weight excluding hydrogens is 222 g/mol. The van der Waals surface area contributed by atoms with Crippen molar-refractivity contribution in [2.75, 3.05) is 0 Å². The van der Waals surface area contributed by atoms with Crippen molar-refractivity contribution < 1.29 is 19.5 Å². The Kier molecular flexibility index (Phi) is 4.66. The standard InChI is InChI=1S/C12H19NO4/c1-9(14)10(11(15)16)13-17-12(2)7-5-3-4-6-8-12/h3-8H2,1-2H3,(H,15,16)/b13-10+. The number of carbonyl (C=O) groups is 2. The van der Waals surface area contributed by atoms with Gasteiger partial charge in [-0.15, -0.1) is 0 Å². The van der Waals surface area contributed by atoms with Gasteiger partial charge in [0.2, 0.25) is 5.71 Å². The Morgan fingerprint density at radius 3 is 2.12 bits per heavy atom. The number of oxime groups is 1. The Balaban J connectivity index is 2.71. The zero-order valence-electron chi connectivity index (χ0n) is 10.4. The molecule has 0 spiro atoms. The van der Waals surface area contributed by atoms with Crippen molar-refractivity contribution in [3.05, 3.63) is 0 Å². The Labute approximate surface area is 101 Å². The molecular formula is C12H19NO4. The van der Waals surface area contributed by atoms with Crippen molar-refractivity contribution in [3.8, 4) is 0 Å². The molecule has 17 heavy (non-hydrogen) atoms. The summed E-state index contributed by atoms with van der Waals surface area (Å²) < 4.78 is 0. The second-order valence-electron chi connectivity index (χ2n) is 4.76. The lowest BCUT2D eigenvalue weighted by Crippen LogP contribution is -2.29. The molecule has 1 N–H and O–H groups in total. The van der Waals surface area contributed by atoms with Crippen LogP contribution in [0.4, 0.5) is 0 Å². The summed E-state index contributed by atoms with van der Waals surface area (Å²) in [6, 6.07) is 0. The maximum atomic E-state index is 11.0. The summed E-state index contributed by atoms with van der Waals surface area (Å²) in [4.78, 5) is 27.1. The molecule has 5 heteroatoms. The summed E-state index contributed by atoms with van der Waals surface area (Å²) in [5.74, 6) is -1.93. The highest BCUT2D eigenvalue weighted by molar-refractivity contribution is 6.63. The van der Waals surface area contributed by atoms with Gasteiger partial charge in [0.1, 0.15) is 5.60 Å². The minimum Gasteiger partial charge on any atom is -0.476 e. The maximum absolute atomic E-state index is 11.0. The van der Waals surface area contributed by atoms with Crippen LogP contribution in [0.2, 0.25) is 0 Å². The van der Waals surface area contributed by atoms with Gasteiger partial charge < -0.3 is 9.94 Å². The minimum atomic E-state index is -1.34. The van der Waals surface area contributed by atoms with E-state index in [-0.39, 0.29) is 0 Å². The first kappa shape index (κ1) is 13.7. The van der Waals surface area contributed by atoms with E-state index in [4.69, 9.17) is 9.94 Å². The van der Waals surface area contributed by atoms with Crippen molar-refractivity contribution in [3.63, 3.8) is 0 Å². The van der Waals surface area contributed by atoms with Crippen molar-refractivity contribution in [1.82, 2.24) is 0 Å². The molecule has 0 saturated heterocycles. The van der Waals surface area contributed by atoms with Gasteiger partial charge in [-0.3, -0.25) is 4.79 Å². The lowest BCUT2D eigenvalue weighted by Gasteiger charge is -2.25. The number of carboxylic acid groups (broad SMARTS) is 1. The van der Waals surface area contributed by atoms with Crippen molar-refractivity contribution in [2.45, 2.75) is 58.0 Å². The van der Waals surface area contributed by atoms with Gasteiger partial charge >= 0.3 is 5.97 Å². The van der Waals surface area contributed by atoms with Crippen LogP contribution in [-0.4, -0.2) is 28.2 Å². The number of carboxylic acids is 1. The molecule has 1 aliphatic carbocycles. The number of rotatable bonds is 4. The first-order valence-corrected chi connectivity index (χ1v) is 5.95. The molecule has 1 saturated carbocycles. The number of hydrogen-bond acceptors (Lipinski definition) is 4. The fraction of sp³-hybridized carbons (Fsp3) is 0.750. The van der Waals surface area contributed by atoms with Crippen LogP contribution in [0, 0.1) is 0 Å². The van der Waals surface area contributed by atoms with Gasteiger partial charge in [-0.2, -0.15) is 0 Å². The van der Waals surface area contributed by atoms with Crippen LogP contribution in [0.3, 0.4) is 0 Å². The van der Waals surface area contributed by atoms with Crippen molar-refractivity contribution in [2.24, 2.45) is 5.16 Å². The Morgan fingerprint density at radius 2 is 1.71 bits per heavy atom. The third-order valence-electron chi connectivity index (χ3n) is 3.05. The lowest BCUT2D eigenvalue weighted by atomic mass is 9.97.